The molecule has 3 N–H and O–H groups in total. The van der Waals surface area contributed by atoms with Crippen molar-refractivity contribution in [1.82, 2.24) is 15.3 Å². The zero-order valence-corrected chi connectivity index (χ0v) is 20.9. The summed E-state index contributed by atoms with van der Waals surface area (Å²) in [6, 6.07) is 7.68. The van der Waals surface area contributed by atoms with Gasteiger partial charge in [-0.05, 0) is 69.7 Å². The summed E-state index contributed by atoms with van der Waals surface area (Å²) in [4.78, 5) is 35.3. The van der Waals surface area contributed by atoms with Gasteiger partial charge in [-0.1, -0.05) is 0 Å². The normalized spacial score (nSPS) is 16.4. The van der Waals surface area contributed by atoms with Gasteiger partial charge < -0.3 is 30.0 Å². The predicted octanol–water partition coefficient (Wildman–Crippen LogP) is 4.59. The number of nitrogens with one attached hydrogen (secondary N) is 3. The first-order valence-corrected chi connectivity index (χ1v) is 12.4. The summed E-state index contributed by atoms with van der Waals surface area (Å²) in [6.07, 6.45) is 4.29. The fourth-order valence-corrected chi connectivity index (χ4v) is 4.60. The highest BCUT2D eigenvalue weighted by molar-refractivity contribution is 5.94. The van der Waals surface area contributed by atoms with E-state index >= 15 is 0 Å². The van der Waals surface area contributed by atoms with Crippen molar-refractivity contribution in [2.75, 3.05) is 35.2 Å². The molecule has 0 spiro atoms. The van der Waals surface area contributed by atoms with Crippen molar-refractivity contribution < 1.29 is 18.7 Å². The second-order valence-corrected chi connectivity index (χ2v) is 10.4. The number of aromatic nitrogens is 2. The number of alkyl carbamates (subject to hydrolysis) is 1. The molecule has 5 rings (SSSR count). The van der Waals surface area contributed by atoms with Gasteiger partial charge in [0.15, 0.2) is 11.4 Å². The number of aryl methyl sites for hydroxylation is 1. The number of ether oxygens (including phenoxy) is 1. The topological polar surface area (TPSA) is 122 Å². The van der Waals surface area contributed by atoms with E-state index in [9.17, 15) is 9.59 Å². The molecule has 0 saturated carbocycles. The van der Waals surface area contributed by atoms with E-state index in [0.717, 1.165) is 54.2 Å². The first kappa shape index (κ1) is 23.9. The average molecular weight is 493 g/mol. The van der Waals surface area contributed by atoms with Gasteiger partial charge in [0.2, 0.25) is 11.9 Å². The first-order chi connectivity index (χ1) is 17.2. The molecule has 0 unspecified atom stereocenters. The molecule has 2 aromatic heterocycles. The molecule has 0 aliphatic carbocycles. The maximum Gasteiger partial charge on any atom is 0.407 e. The maximum absolute atomic E-state index is 12.0. The lowest BCUT2D eigenvalue weighted by atomic mass is 9.97. The molecular formula is C26H32N6O4. The van der Waals surface area contributed by atoms with Gasteiger partial charge in [0.25, 0.3) is 0 Å². The number of carbonyl (C=O) groups is 2. The largest absolute Gasteiger partial charge is 0.459 e. The molecule has 36 heavy (non-hydrogen) atoms. The summed E-state index contributed by atoms with van der Waals surface area (Å²) in [7, 11) is 0. The monoisotopic (exact) mass is 492 g/mol. The van der Waals surface area contributed by atoms with Crippen molar-refractivity contribution in [3.63, 3.8) is 0 Å². The fraction of sp³-hybridized carbons (Fsp3) is 0.462. The van der Waals surface area contributed by atoms with E-state index in [-0.39, 0.29) is 12.0 Å². The van der Waals surface area contributed by atoms with Gasteiger partial charge in [0, 0.05) is 43.5 Å². The predicted molar refractivity (Wildman–Crippen MR) is 138 cm³/mol. The van der Waals surface area contributed by atoms with Crippen LogP contribution in [0.4, 0.5) is 27.9 Å². The number of nitrogens with zero attached hydrogens (tertiary/aromatic N) is 3. The number of carbonyl (C=O) groups excluding carboxylic acids is 2. The Morgan fingerprint density at radius 2 is 2.00 bits per heavy atom. The van der Waals surface area contributed by atoms with E-state index in [1.165, 1.54) is 0 Å². The SMILES string of the molecule is CC(C)(C)OC(=O)NCC1CCN(c2nc(Nc3ccc4c(c3)CCC(=O)N4)nc3ccoc23)CC1. The van der Waals surface area contributed by atoms with Crippen molar-refractivity contribution in [1.29, 1.82) is 0 Å². The summed E-state index contributed by atoms with van der Waals surface area (Å²) in [5, 5.41) is 9.12. The quantitative estimate of drug-likeness (QED) is 0.473. The third-order valence-corrected chi connectivity index (χ3v) is 6.39. The van der Waals surface area contributed by atoms with Crippen molar-refractivity contribution in [2.45, 2.75) is 52.1 Å². The van der Waals surface area contributed by atoms with Gasteiger partial charge in [0.1, 0.15) is 11.1 Å². The van der Waals surface area contributed by atoms with Crippen LogP contribution in [-0.2, 0) is 16.0 Å². The summed E-state index contributed by atoms with van der Waals surface area (Å²) in [5.74, 6) is 1.67. The van der Waals surface area contributed by atoms with Gasteiger partial charge in [0.05, 0.1) is 6.26 Å². The smallest absolute Gasteiger partial charge is 0.407 e. The van der Waals surface area contributed by atoms with Crippen LogP contribution in [-0.4, -0.2) is 47.2 Å². The second kappa shape index (κ2) is 9.67. The van der Waals surface area contributed by atoms with Crippen LogP contribution in [0, 0.1) is 5.92 Å². The summed E-state index contributed by atoms with van der Waals surface area (Å²) in [5.41, 5.74) is 3.71. The number of furan rings is 1. The number of piperidine rings is 1. The maximum atomic E-state index is 12.0. The van der Waals surface area contributed by atoms with Gasteiger partial charge in [-0.25, -0.2) is 9.78 Å². The summed E-state index contributed by atoms with van der Waals surface area (Å²) in [6.45, 7) is 7.76. The minimum Gasteiger partial charge on any atom is -0.459 e. The van der Waals surface area contributed by atoms with Crippen molar-refractivity contribution >= 4 is 46.2 Å². The zero-order valence-electron chi connectivity index (χ0n) is 20.9. The van der Waals surface area contributed by atoms with Crippen LogP contribution in [0.15, 0.2) is 34.9 Å². The number of rotatable bonds is 5. The van der Waals surface area contributed by atoms with E-state index in [1.807, 2.05) is 45.0 Å². The molecule has 10 nitrogen and oxygen atoms in total. The Balaban J connectivity index is 1.26. The molecule has 10 heteroatoms. The Morgan fingerprint density at radius 3 is 2.78 bits per heavy atom. The Hall–Kier alpha value is -3.82. The number of hydrogen-bond donors (Lipinski definition) is 3. The molecule has 4 heterocycles. The highest BCUT2D eigenvalue weighted by Gasteiger charge is 2.25. The van der Waals surface area contributed by atoms with Crippen molar-refractivity contribution in [2.24, 2.45) is 5.92 Å². The Bertz CT molecular complexity index is 1270. The van der Waals surface area contributed by atoms with Crippen LogP contribution >= 0.6 is 0 Å². The summed E-state index contributed by atoms with van der Waals surface area (Å²) >= 11 is 0. The number of hydrogen-bond acceptors (Lipinski definition) is 8. The van der Waals surface area contributed by atoms with E-state index in [0.29, 0.717) is 36.8 Å². The molecule has 1 saturated heterocycles. The molecule has 3 aromatic rings. The van der Waals surface area contributed by atoms with E-state index in [2.05, 4.69) is 25.8 Å². The number of benzene rings is 1. The van der Waals surface area contributed by atoms with Crippen molar-refractivity contribution in [3.8, 4) is 0 Å². The lowest BCUT2D eigenvalue weighted by molar-refractivity contribution is -0.116. The summed E-state index contributed by atoms with van der Waals surface area (Å²) < 4.78 is 11.1. The minimum absolute atomic E-state index is 0.0472. The third-order valence-electron chi connectivity index (χ3n) is 6.39. The van der Waals surface area contributed by atoms with Crippen LogP contribution in [0.5, 0.6) is 0 Å². The number of anilines is 4. The molecule has 2 aliphatic rings. The van der Waals surface area contributed by atoms with Gasteiger partial charge in [-0.3, -0.25) is 4.79 Å². The Morgan fingerprint density at radius 1 is 1.19 bits per heavy atom. The highest BCUT2D eigenvalue weighted by atomic mass is 16.6. The molecule has 0 bridgehead atoms. The van der Waals surface area contributed by atoms with Crippen LogP contribution < -0.4 is 20.9 Å². The number of fused-ring (bicyclic) bond motifs is 2. The van der Waals surface area contributed by atoms with Crippen LogP contribution in [0.2, 0.25) is 0 Å². The standard InChI is InChI=1S/C26H32N6O4/c1-26(2,3)36-25(34)27-15-16-8-11-32(12-9-16)23-22-20(10-13-35-22)30-24(31-23)28-18-5-6-19-17(14-18)4-7-21(33)29-19/h5-6,10,13-14,16H,4,7-9,11-12,15H2,1-3H3,(H,27,34)(H,29,33)(H,28,30,31). The Kier molecular flexibility index (Phi) is 6.42. The molecule has 0 radical (unpaired) electrons. The molecular weight excluding hydrogens is 460 g/mol. The molecule has 1 fully saturated rings. The van der Waals surface area contributed by atoms with E-state index in [4.69, 9.17) is 14.1 Å². The first-order valence-electron chi connectivity index (χ1n) is 12.4. The molecule has 0 atom stereocenters. The van der Waals surface area contributed by atoms with Crippen molar-refractivity contribution in [3.05, 3.63) is 36.1 Å². The molecule has 190 valence electrons. The van der Waals surface area contributed by atoms with Gasteiger partial charge in [-0.15, -0.1) is 0 Å². The fourth-order valence-electron chi connectivity index (χ4n) is 4.60. The zero-order chi connectivity index (χ0) is 25.3. The molecule has 2 amide bonds. The van der Waals surface area contributed by atoms with E-state index in [1.54, 1.807) is 6.26 Å². The minimum atomic E-state index is -0.504. The highest BCUT2D eigenvalue weighted by Crippen LogP contribution is 2.32. The lowest BCUT2D eigenvalue weighted by Gasteiger charge is -2.33. The Labute approximate surface area is 209 Å². The van der Waals surface area contributed by atoms with E-state index < -0.39 is 5.60 Å². The lowest BCUT2D eigenvalue weighted by Crippen LogP contribution is -2.40. The van der Waals surface area contributed by atoms with Crippen LogP contribution in [0.3, 0.4) is 0 Å². The van der Waals surface area contributed by atoms with Crippen LogP contribution in [0.25, 0.3) is 11.1 Å². The van der Waals surface area contributed by atoms with Gasteiger partial charge >= 0.3 is 6.09 Å². The average Bonchev–Trinajstić information content (AvgIpc) is 3.30. The van der Waals surface area contributed by atoms with Gasteiger partial charge in [-0.2, -0.15) is 4.98 Å². The third kappa shape index (κ3) is 5.53. The second-order valence-electron chi connectivity index (χ2n) is 10.4. The molecule has 2 aliphatic heterocycles. The van der Waals surface area contributed by atoms with Crippen LogP contribution in [0.1, 0.15) is 45.6 Å². The number of amides is 2. The molecule has 1 aromatic carbocycles.